The van der Waals surface area contributed by atoms with Crippen LogP contribution < -0.4 is 0 Å². The maximum Gasteiger partial charge on any atom is 0.186 e. The molecule has 0 aromatic carbocycles. The van der Waals surface area contributed by atoms with Gasteiger partial charge in [0, 0.05) is 13.2 Å². The molecular weight excluding hydrogens is 292 g/mol. The molecule has 22 heavy (non-hydrogen) atoms. The third-order valence-corrected chi connectivity index (χ3v) is 3.93. The van der Waals surface area contributed by atoms with Gasteiger partial charge in [0.1, 0.15) is 24.4 Å². The molecule has 0 bridgehead atoms. The van der Waals surface area contributed by atoms with E-state index in [1.807, 2.05) is 0 Å². The summed E-state index contributed by atoms with van der Waals surface area (Å²) in [4.78, 5) is 0. The molecule has 1 fully saturated rings. The summed E-state index contributed by atoms with van der Waals surface area (Å²) >= 11 is 0. The molecule has 1 rings (SSSR count). The standard InChI is InChI=1S/C15H30O7/c16-8-6-4-2-1-3-5-7-9-21-15-14(20)13(19)12(18)11(10-17)22-15/h11-20H,1-10H2/t11-,12-,13+,14-,15-/m1/s1. The van der Waals surface area contributed by atoms with Crippen molar-refractivity contribution in [2.45, 2.75) is 75.7 Å². The molecule has 132 valence electrons. The summed E-state index contributed by atoms with van der Waals surface area (Å²) in [6, 6.07) is 0. The second kappa shape index (κ2) is 11.3. The van der Waals surface area contributed by atoms with Gasteiger partial charge in [0.2, 0.25) is 0 Å². The SMILES string of the molecule is OCCCCCCCCCO[C@@H]1O[C@H](CO)[C@@H](O)[C@H](O)[C@H]1O. The molecule has 0 aliphatic carbocycles. The van der Waals surface area contributed by atoms with Gasteiger partial charge in [0.15, 0.2) is 6.29 Å². The van der Waals surface area contributed by atoms with Crippen molar-refractivity contribution in [2.24, 2.45) is 0 Å². The van der Waals surface area contributed by atoms with Crippen LogP contribution in [0.5, 0.6) is 0 Å². The molecule has 5 N–H and O–H groups in total. The van der Waals surface area contributed by atoms with Gasteiger partial charge >= 0.3 is 0 Å². The minimum Gasteiger partial charge on any atom is -0.396 e. The fourth-order valence-electron chi connectivity index (χ4n) is 2.50. The number of hydrogen-bond acceptors (Lipinski definition) is 7. The van der Waals surface area contributed by atoms with E-state index in [-0.39, 0.29) is 6.61 Å². The zero-order valence-electron chi connectivity index (χ0n) is 13.0. The molecule has 0 aromatic heterocycles. The third kappa shape index (κ3) is 6.45. The van der Waals surface area contributed by atoms with E-state index >= 15 is 0 Å². The van der Waals surface area contributed by atoms with Crippen LogP contribution in [0.15, 0.2) is 0 Å². The second-order valence-electron chi connectivity index (χ2n) is 5.77. The molecule has 7 heteroatoms. The summed E-state index contributed by atoms with van der Waals surface area (Å²) in [5, 5.41) is 46.8. The van der Waals surface area contributed by atoms with E-state index < -0.39 is 37.3 Å². The number of aliphatic hydroxyl groups is 5. The molecule has 5 atom stereocenters. The number of hydrogen-bond donors (Lipinski definition) is 5. The minimum atomic E-state index is -1.39. The van der Waals surface area contributed by atoms with Crippen molar-refractivity contribution in [3.8, 4) is 0 Å². The molecular formula is C15H30O7. The largest absolute Gasteiger partial charge is 0.396 e. The highest BCUT2D eigenvalue weighted by molar-refractivity contribution is 4.88. The van der Waals surface area contributed by atoms with Crippen molar-refractivity contribution >= 4 is 0 Å². The summed E-state index contributed by atoms with van der Waals surface area (Å²) in [5.41, 5.74) is 0. The van der Waals surface area contributed by atoms with Crippen molar-refractivity contribution < 1.29 is 35.0 Å². The van der Waals surface area contributed by atoms with E-state index in [9.17, 15) is 15.3 Å². The Morgan fingerprint density at radius 2 is 1.32 bits per heavy atom. The molecule has 0 amide bonds. The van der Waals surface area contributed by atoms with Crippen molar-refractivity contribution in [3.05, 3.63) is 0 Å². The Morgan fingerprint density at radius 1 is 0.727 bits per heavy atom. The van der Waals surface area contributed by atoms with Crippen molar-refractivity contribution in [3.63, 3.8) is 0 Å². The highest BCUT2D eigenvalue weighted by Crippen LogP contribution is 2.22. The molecule has 0 unspecified atom stereocenters. The lowest BCUT2D eigenvalue weighted by atomic mass is 9.99. The molecule has 0 aromatic rings. The lowest BCUT2D eigenvalue weighted by Gasteiger charge is -2.39. The van der Waals surface area contributed by atoms with Crippen LogP contribution in [0, 0.1) is 0 Å². The zero-order chi connectivity index (χ0) is 16.4. The van der Waals surface area contributed by atoms with Crippen LogP contribution >= 0.6 is 0 Å². The Hall–Kier alpha value is -0.280. The molecule has 0 spiro atoms. The van der Waals surface area contributed by atoms with Crippen molar-refractivity contribution in [2.75, 3.05) is 19.8 Å². The highest BCUT2D eigenvalue weighted by Gasteiger charge is 2.43. The van der Waals surface area contributed by atoms with Gasteiger partial charge < -0.3 is 35.0 Å². The van der Waals surface area contributed by atoms with Crippen LogP contribution in [0.2, 0.25) is 0 Å². The van der Waals surface area contributed by atoms with E-state index in [2.05, 4.69) is 0 Å². The van der Waals surface area contributed by atoms with E-state index in [1.54, 1.807) is 0 Å². The van der Waals surface area contributed by atoms with Gasteiger partial charge in [0.25, 0.3) is 0 Å². The summed E-state index contributed by atoms with van der Waals surface area (Å²) < 4.78 is 10.7. The Morgan fingerprint density at radius 3 is 1.91 bits per heavy atom. The molecule has 0 saturated carbocycles. The summed E-state index contributed by atoms with van der Waals surface area (Å²) in [7, 11) is 0. The van der Waals surface area contributed by atoms with Crippen LogP contribution in [0.3, 0.4) is 0 Å². The lowest BCUT2D eigenvalue weighted by molar-refractivity contribution is -0.301. The Balaban J connectivity index is 2.11. The zero-order valence-corrected chi connectivity index (χ0v) is 13.0. The first-order chi connectivity index (χ1) is 10.6. The van der Waals surface area contributed by atoms with Gasteiger partial charge in [-0.2, -0.15) is 0 Å². The topological polar surface area (TPSA) is 120 Å². The predicted molar refractivity (Wildman–Crippen MR) is 79.1 cm³/mol. The first kappa shape index (κ1) is 19.8. The van der Waals surface area contributed by atoms with Gasteiger partial charge in [-0.15, -0.1) is 0 Å². The predicted octanol–water partition coefficient (Wildman–Crippen LogP) is -0.474. The number of rotatable bonds is 11. The van der Waals surface area contributed by atoms with Gasteiger partial charge in [-0.25, -0.2) is 0 Å². The number of unbranched alkanes of at least 4 members (excludes halogenated alkanes) is 6. The lowest BCUT2D eigenvalue weighted by Crippen LogP contribution is -2.59. The maximum atomic E-state index is 9.78. The first-order valence-corrected chi connectivity index (χ1v) is 8.14. The molecule has 1 aliphatic heterocycles. The Labute approximate surface area is 131 Å². The van der Waals surface area contributed by atoms with Crippen LogP contribution in [-0.4, -0.2) is 76.1 Å². The van der Waals surface area contributed by atoms with E-state index in [0.29, 0.717) is 6.61 Å². The highest BCUT2D eigenvalue weighted by atomic mass is 16.7. The van der Waals surface area contributed by atoms with Gasteiger partial charge in [-0.1, -0.05) is 32.1 Å². The summed E-state index contributed by atoms with van der Waals surface area (Å²) in [6.45, 7) is 0.199. The van der Waals surface area contributed by atoms with Crippen LogP contribution in [-0.2, 0) is 9.47 Å². The monoisotopic (exact) mass is 322 g/mol. The molecule has 1 saturated heterocycles. The summed E-state index contributed by atoms with van der Waals surface area (Å²) in [6.07, 6.45) is 1.05. The average Bonchev–Trinajstić information content (AvgIpc) is 2.53. The van der Waals surface area contributed by atoms with Gasteiger partial charge in [0.05, 0.1) is 6.61 Å². The average molecular weight is 322 g/mol. The van der Waals surface area contributed by atoms with E-state index in [1.165, 1.54) is 0 Å². The maximum absolute atomic E-state index is 9.78. The van der Waals surface area contributed by atoms with Crippen molar-refractivity contribution in [1.82, 2.24) is 0 Å². The molecule has 7 nitrogen and oxygen atoms in total. The number of aliphatic hydroxyl groups excluding tert-OH is 5. The first-order valence-electron chi connectivity index (χ1n) is 8.14. The van der Waals surface area contributed by atoms with Crippen LogP contribution in [0.1, 0.15) is 44.9 Å². The molecule has 1 heterocycles. The number of ether oxygens (including phenoxy) is 2. The summed E-state index contributed by atoms with van der Waals surface area (Å²) in [5.74, 6) is 0. The van der Waals surface area contributed by atoms with Crippen LogP contribution in [0.25, 0.3) is 0 Å². The fourth-order valence-corrected chi connectivity index (χ4v) is 2.50. The van der Waals surface area contributed by atoms with Crippen molar-refractivity contribution in [1.29, 1.82) is 0 Å². The van der Waals surface area contributed by atoms with Crippen LogP contribution in [0.4, 0.5) is 0 Å². The smallest absolute Gasteiger partial charge is 0.186 e. The third-order valence-electron chi connectivity index (χ3n) is 3.93. The van der Waals surface area contributed by atoms with Gasteiger partial charge in [-0.05, 0) is 12.8 Å². The quantitative estimate of drug-likeness (QED) is 0.326. The fraction of sp³-hybridized carbons (Fsp3) is 1.00. The minimum absolute atomic E-state index is 0.257. The molecule has 1 aliphatic rings. The molecule has 0 radical (unpaired) electrons. The van der Waals surface area contributed by atoms with Gasteiger partial charge in [-0.3, -0.25) is 0 Å². The Kier molecular flexibility index (Phi) is 10.1. The van der Waals surface area contributed by atoms with E-state index in [4.69, 9.17) is 19.7 Å². The normalized spacial score (nSPS) is 32.3. The second-order valence-corrected chi connectivity index (χ2v) is 5.77. The Bertz CT molecular complexity index is 275. The van der Waals surface area contributed by atoms with E-state index in [0.717, 1.165) is 44.9 Å².